The summed E-state index contributed by atoms with van der Waals surface area (Å²) in [5.41, 5.74) is 0.975. The van der Waals surface area contributed by atoms with Gasteiger partial charge in [-0.15, -0.1) is 0 Å². The lowest BCUT2D eigenvalue weighted by Crippen LogP contribution is -2.40. The molecule has 2 N–H and O–H groups in total. The van der Waals surface area contributed by atoms with Crippen LogP contribution in [0.15, 0.2) is 18.3 Å². The van der Waals surface area contributed by atoms with Crippen LogP contribution >= 0.6 is 0 Å². The molecule has 116 valence electrons. The summed E-state index contributed by atoms with van der Waals surface area (Å²) in [7, 11) is 0. The van der Waals surface area contributed by atoms with Crippen molar-refractivity contribution in [3.63, 3.8) is 0 Å². The van der Waals surface area contributed by atoms with Crippen molar-refractivity contribution >= 4 is 11.7 Å². The molecule has 1 saturated carbocycles. The average molecular weight is 289 g/mol. The van der Waals surface area contributed by atoms with Gasteiger partial charge >= 0.3 is 0 Å². The molecule has 1 aromatic heterocycles. The molecule has 1 aliphatic rings. The molecule has 0 radical (unpaired) electrons. The van der Waals surface area contributed by atoms with Crippen molar-refractivity contribution in [1.82, 2.24) is 10.3 Å². The van der Waals surface area contributed by atoms with Gasteiger partial charge < -0.3 is 10.6 Å². The molecule has 1 aliphatic carbocycles. The molecule has 0 bridgehead atoms. The minimum absolute atomic E-state index is 0.00718. The molecule has 0 spiro atoms. The van der Waals surface area contributed by atoms with E-state index < -0.39 is 0 Å². The lowest BCUT2D eigenvalue weighted by atomic mass is 9.75. The van der Waals surface area contributed by atoms with Gasteiger partial charge in [0.25, 0.3) is 5.91 Å². The van der Waals surface area contributed by atoms with Crippen molar-refractivity contribution in [3.05, 3.63) is 23.9 Å². The van der Waals surface area contributed by atoms with Gasteiger partial charge in [-0.1, -0.05) is 27.2 Å². The van der Waals surface area contributed by atoms with Crippen LogP contribution in [0.2, 0.25) is 0 Å². The lowest BCUT2D eigenvalue weighted by molar-refractivity contribution is 0.0902. The molecule has 1 aromatic rings. The first-order valence-corrected chi connectivity index (χ1v) is 8.01. The standard InChI is InChI=1S/C17H27N3O/c1-4-10-18-15-8-7-13(12-19-15)16(21)20-14-6-5-9-17(2,3)11-14/h7-8,12,14H,4-6,9-11H2,1-3H3,(H,18,19)(H,20,21). The number of rotatable bonds is 5. The Bertz CT molecular complexity index is 467. The highest BCUT2D eigenvalue weighted by molar-refractivity contribution is 5.94. The number of hydrogen-bond acceptors (Lipinski definition) is 3. The molecule has 1 heterocycles. The van der Waals surface area contributed by atoms with E-state index in [1.165, 1.54) is 12.8 Å². The topological polar surface area (TPSA) is 54.0 Å². The first-order valence-electron chi connectivity index (χ1n) is 8.01. The minimum atomic E-state index is -0.00718. The van der Waals surface area contributed by atoms with Crippen LogP contribution < -0.4 is 10.6 Å². The van der Waals surface area contributed by atoms with Gasteiger partial charge in [-0.3, -0.25) is 4.79 Å². The van der Waals surface area contributed by atoms with Crippen LogP contribution in [-0.4, -0.2) is 23.5 Å². The third-order valence-corrected chi connectivity index (χ3v) is 4.12. The quantitative estimate of drug-likeness (QED) is 0.870. The molecule has 0 aromatic carbocycles. The zero-order valence-corrected chi connectivity index (χ0v) is 13.4. The summed E-state index contributed by atoms with van der Waals surface area (Å²) in [4.78, 5) is 16.6. The number of nitrogens with one attached hydrogen (secondary N) is 2. The summed E-state index contributed by atoms with van der Waals surface area (Å²) in [6.07, 6.45) is 7.29. The maximum atomic E-state index is 12.3. The second kappa shape index (κ2) is 6.92. The molecule has 1 fully saturated rings. The van der Waals surface area contributed by atoms with Crippen LogP contribution in [0.3, 0.4) is 0 Å². The number of pyridine rings is 1. The van der Waals surface area contributed by atoms with Crippen LogP contribution in [0.25, 0.3) is 0 Å². The SMILES string of the molecule is CCCNc1ccc(C(=O)NC2CCCC(C)(C)C2)cn1. The summed E-state index contributed by atoms with van der Waals surface area (Å²) in [6.45, 7) is 7.57. The second-order valence-electron chi connectivity index (χ2n) is 6.79. The van der Waals surface area contributed by atoms with Crippen molar-refractivity contribution < 1.29 is 4.79 Å². The molecule has 0 saturated heterocycles. The van der Waals surface area contributed by atoms with Crippen molar-refractivity contribution in [2.45, 2.75) is 58.9 Å². The maximum absolute atomic E-state index is 12.3. The van der Waals surface area contributed by atoms with Gasteiger partial charge in [-0.25, -0.2) is 4.98 Å². The Morgan fingerprint density at radius 1 is 1.43 bits per heavy atom. The van der Waals surface area contributed by atoms with Crippen molar-refractivity contribution in [3.8, 4) is 0 Å². The molecular formula is C17H27N3O. The van der Waals surface area contributed by atoms with E-state index in [-0.39, 0.29) is 5.91 Å². The third kappa shape index (κ3) is 4.73. The van der Waals surface area contributed by atoms with Crippen molar-refractivity contribution in [2.75, 3.05) is 11.9 Å². The Hall–Kier alpha value is -1.58. The highest BCUT2D eigenvalue weighted by Crippen LogP contribution is 2.35. The molecule has 21 heavy (non-hydrogen) atoms. The summed E-state index contributed by atoms with van der Waals surface area (Å²) in [6, 6.07) is 4.00. The fourth-order valence-corrected chi connectivity index (χ4v) is 2.98. The number of carbonyl (C=O) groups is 1. The summed E-state index contributed by atoms with van der Waals surface area (Å²) in [5, 5.41) is 6.36. The molecule has 2 rings (SSSR count). The van der Waals surface area contributed by atoms with Crippen molar-refractivity contribution in [2.24, 2.45) is 5.41 Å². The highest BCUT2D eigenvalue weighted by Gasteiger charge is 2.28. The van der Waals surface area contributed by atoms with Gasteiger partial charge in [0.05, 0.1) is 5.56 Å². The van der Waals surface area contributed by atoms with E-state index in [9.17, 15) is 4.79 Å². The summed E-state index contributed by atoms with van der Waals surface area (Å²) >= 11 is 0. The van der Waals surface area contributed by atoms with Gasteiger partial charge in [-0.2, -0.15) is 0 Å². The Morgan fingerprint density at radius 3 is 2.86 bits per heavy atom. The molecule has 0 aliphatic heterocycles. The van der Waals surface area contributed by atoms with Crippen LogP contribution in [-0.2, 0) is 0 Å². The van der Waals surface area contributed by atoms with E-state index in [0.29, 0.717) is 17.0 Å². The smallest absolute Gasteiger partial charge is 0.253 e. The van der Waals surface area contributed by atoms with Gasteiger partial charge in [-0.05, 0) is 43.2 Å². The fourth-order valence-electron chi connectivity index (χ4n) is 2.98. The molecule has 4 heteroatoms. The first-order chi connectivity index (χ1) is 10.00. The predicted octanol–water partition coefficient (Wildman–Crippen LogP) is 3.60. The average Bonchev–Trinajstić information content (AvgIpc) is 2.44. The van der Waals surface area contributed by atoms with E-state index in [1.807, 2.05) is 12.1 Å². The zero-order chi connectivity index (χ0) is 15.3. The van der Waals surface area contributed by atoms with Gasteiger partial charge in [0.15, 0.2) is 0 Å². The highest BCUT2D eigenvalue weighted by atomic mass is 16.1. The number of amides is 1. The van der Waals surface area contributed by atoms with E-state index in [4.69, 9.17) is 0 Å². The summed E-state index contributed by atoms with van der Waals surface area (Å²) < 4.78 is 0. The Kier molecular flexibility index (Phi) is 5.21. The number of nitrogens with zero attached hydrogens (tertiary/aromatic N) is 1. The van der Waals surface area contributed by atoms with Crippen LogP contribution in [0.4, 0.5) is 5.82 Å². The Balaban J connectivity index is 1.91. The molecule has 1 atom stereocenters. The van der Waals surface area contributed by atoms with E-state index in [2.05, 4.69) is 36.4 Å². The van der Waals surface area contributed by atoms with Crippen LogP contribution in [0.1, 0.15) is 63.2 Å². The zero-order valence-electron chi connectivity index (χ0n) is 13.4. The third-order valence-electron chi connectivity index (χ3n) is 4.12. The van der Waals surface area contributed by atoms with Gasteiger partial charge in [0.2, 0.25) is 0 Å². The Labute approximate surface area is 127 Å². The number of hydrogen-bond donors (Lipinski definition) is 2. The number of anilines is 1. The number of carbonyl (C=O) groups excluding carboxylic acids is 1. The van der Waals surface area contributed by atoms with E-state index in [1.54, 1.807) is 6.20 Å². The molecule has 1 amide bonds. The first kappa shape index (κ1) is 15.8. The molecule has 4 nitrogen and oxygen atoms in total. The lowest BCUT2D eigenvalue weighted by Gasteiger charge is -2.35. The Morgan fingerprint density at radius 2 is 2.24 bits per heavy atom. The minimum Gasteiger partial charge on any atom is -0.370 e. The second-order valence-corrected chi connectivity index (χ2v) is 6.79. The molecule has 1 unspecified atom stereocenters. The van der Waals surface area contributed by atoms with Crippen molar-refractivity contribution in [1.29, 1.82) is 0 Å². The van der Waals surface area contributed by atoms with Crippen LogP contribution in [0, 0.1) is 5.41 Å². The predicted molar refractivity (Wildman–Crippen MR) is 86.5 cm³/mol. The van der Waals surface area contributed by atoms with Gasteiger partial charge in [0.1, 0.15) is 5.82 Å². The largest absolute Gasteiger partial charge is 0.370 e. The normalized spacial score (nSPS) is 20.8. The summed E-state index contributed by atoms with van der Waals surface area (Å²) in [5.74, 6) is 0.819. The monoisotopic (exact) mass is 289 g/mol. The molecular weight excluding hydrogens is 262 g/mol. The van der Waals surface area contributed by atoms with E-state index >= 15 is 0 Å². The van der Waals surface area contributed by atoms with Crippen LogP contribution in [0.5, 0.6) is 0 Å². The van der Waals surface area contributed by atoms with Gasteiger partial charge in [0, 0.05) is 18.8 Å². The number of aromatic nitrogens is 1. The van der Waals surface area contributed by atoms with E-state index in [0.717, 1.165) is 31.6 Å². The maximum Gasteiger partial charge on any atom is 0.253 e. The fraction of sp³-hybridized carbons (Fsp3) is 0.647.